The molecule has 2 atom stereocenters. The number of thiazole rings is 1. The molecular weight excluding hydrogens is 602 g/mol. The number of methoxy groups -OCH3 is 1. The zero-order chi connectivity index (χ0) is 33.6. The van der Waals surface area contributed by atoms with E-state index in [0.29, 0.717) is 16.4 Å². The Hall–Kier alpha value is -4.61. The van der Waals surface area contributed by atoms with E-state index in [-0.39, 0.29) is 6.61 Å². The van der Waals surface area contributed by atoms with E-state index in [1.165, 1.54) is 18.4 Å². The van der Waals surface area contributed by atoms with Gasteiger partial charge in [-0.3, -0.25) is 14.6 Å². The summed E-state index contributed by atoms with van der Waals surface area (Å²) < 4.78 is 10.8. The zero-order valence-electron chi connectivity index (χ0n) is 27.2. The third-order valence-corrected chi connectivity index (χ3v) is 8.38. The molecule has 0 saturated heterocycles. The minimum absolute atomic E-state index is 0.0487. The number of anilines is 1. The number of nitrogens with one attached hydrogen (secondary N) is 2. The fourth-order valence-electron chi connectivity index (χ4n) is 5.57. The monoisotopic (exact) mass is 643 g/mol. The van der Waals surface area contributed by atoms with E-state index in [4.69, 9.17) is 15.2 Å². The Morgan fingerprint density at radius 1 is 0.957 bits per heavy atom. The van der Waals surface area contributed by atoms with Crippen LogP contribution in [0.4, 0.5) is 9.93 Å². The van der Waals surface area contributed by atoms with Crippen molar-refractivity contribution in [3.8, 4) is 22.4 Å². The number of pyridine rings is 1. The summed E-state index contributed by atoms with van der Waals surface area (Å²) >= 11 is 1.29. The molecule has 3 amide bonds. The summed E-state index contributed by atoms with van der Waals surface area (Å²) in [6.07, 6.45) is 0.342. The molecule has 0 fully saturated rings. The average Bonchev–Trinajstić information content (AvgIpc) is 3.47. The van der Waals surface area contributed by atoms with Crippen LogP contribution < -0.4 is 16.4 Å². The molecule has 10 nitrogen and oxygen atoms in total. The number of aryl methyl sites for hydroxylation is 1. The van der Waals surface area contributed by atoms with E-state index < -0.39 is 40.9 Å². The normalized spacial score (nSPS) is 13.0. The van der Waals surface area contributed by atoms with Gasteiger partial charge in [0.25, 0.3) is 11.8 Å². The highest BCUT2D eigenvalue weighted by Crippen LogP contribution is 2.39. The molecule has 0 aliphatic rings. The van der Waals surface area contributed by atoms with Crippen LogP contribution in [0.2, 0.25) is 0 Å². The summed E-state index contributed by atoms with van der Waals surface area (Å²) in [5, 5.41) is 7.87. The highest BCUT2D eigenvalue weighted by Gasteiger charge is 2.42. The summed E-state index contributed by atoms with van der Waals surface area (Å²) in [5.41, 5.74) is 10.0. The van der Waals surface area contributed by atoms with Crippen molar-refractivity contribution in [3.05, 3.63) is 89.1 Å². The van der Waals surface area contributed by atoms with E-state index in [1.807, 2.05) is 89.4 Å². The van der Waals surface area contributed by atoms with Gasteiger partial charge in [-0.05, 0) is 59.4 Å². The van der Waals surface area contributed by atoms with Gasteiger partial charge < -0.3 is 25.8 Å². The summed E-state index contributed by atoms with van der Waals surface area (Å²) in [7, 11) is 1.46. The molecule has 0 saturated carbocycles. The molecule has 0 spiro atoms. The van der Waals surface area contributed by atoms with Crippen LogP contribution in [-0.2, 0) is 19.7 Å². The lowest BCUT2D eigenvalue weighted by Crippen LogP contribution is -2.47. The van der Waals surface area contributed by atoms with Crippen molar-refractivity contribution in [3.63, 3.8) is 0 Å². The minimum atomic E-state index is -0.986. The Morgan fingerprint density at radius 3 is 2.33 bits per heavy atom. The first-order chi connectivity index (χ1) is 21.7. The molecule has 11 heteroatoms. The number of benzene rings is 2. The van der Waals surface area contributed by atoms with E-state index in [0.717, 1.165) is 27.9 Å². The average molecular weight is 644 g/mol. The molecule has 46 heavy (non-hydrogen) atoms. The van der Waals surface area contributed by atoms with Crippen molar-refractivity contribution in [1.29, 1.82) is 0 Å². The summed E-state index contributed by atoms with van der Waals surface area (Å²) in [6.45, 7) is 11.6. The molecule has 2 aromatic heterocycles. The second-order valence-electron chi connectivity index (χ2n) is 12.8. The van der Waals surface area contributed by atoms with Gasteiger partial charge in [0.1, 0.15) is 12.1 Å². The van der Waals surface area contributed by atoms with Gasteiger partial charge in [-0.15, -0.1) is 11.3 Å². The Bertz CT molecular complexity index is 1710. The first kappa shape index (κ1) is 34.3. The van der Waals surface area contributed by atoms with Crippen molar-refractivity contribution in [2.24, 2.45) is 11.1 Å². The van der Waals surface area contributed by atoms with Crippen LogP contribution in [0.1, 0.15) is 56.2 Å². The second kappa shape index (κ2) is 14.2. The molecule has 0 aliphatic carbocycles. The highest BCUT2D eigenvalue weighted by atomic mass is 32.1. The maximum atomic E-state index is 13.4. The maximum absolute atomic E-state index is 13.4. The van der Waals surface area contributed by atoms with Crippen molar-refractivity contribution in [1.82, 2.24) is 15.3 Å². The van der Waals surface area contributed by atoms with E-state index in [1.54, 1.807) is 24.4 Å². The van der Waals surface area contributed by atoms with E-state index >= 15 is 0 Å². The van der Waals surface area contributed by atoms with Gasteiger partial charge in [-0.1, -0.05) is 65.0 Å². The smallest absolute Gasteiger partial charge is 0.404 e. The fraction of sp³-hybridized carbons (Fsp3) is 0.343. The number of carbonyl (C=O) groups is 3. The second-order valence-corrected chi connectivity index (χ2v) is 13.6. The first-order valence-corrected chi connectivity index (χ1v) is 15.7. The minimum Gasteiger partial charge on any atom is -0.445 e. The number of hydrogen-bond acceptors (Lipinski definition) is 8. The lowest BCUT2D eigenvalue weighted by molar-refractivity contribution is -0.119. The third kappa shape index (κ3) is 8.35. The molecule has 4 rings (SSSR count). The number of nitrogens with zero attached hydrogens (tertiary/aromatic N) is 2. The summed E-state index contributed by atoms with van der Waals surface area (Å²) in [5.74, 6) is -0.919. The number of amides is 3. The van der Waals surface area contributed by atoms with Gasteiger partial charge in [0.2, 0.25) is 0 Å². The molecule has 0 radical (unpaired) electrons. The molecular formula is C35H41N5O5S. The van der Waals surface area contributed by atoms with Crippen molar-refractivity contribution in [2.75, 3.05) is 19.0 Å². The first-order valence-electron chi connectivity index (χ1n) is 14.9. The quantitative estimate of drug-likeness (QED) is 0.173. The van der Waals surface area contributed by atoms with Crippen LogP contribution in [0.3, 0.4) is 0 Å². The maximum Gasteiger partial charge on any atom is 0.404 e. The molecule has 4 aromatic rings. The lowest BCUT2D eigenvalue weighted by Gasteiger charge is -2.42. The molecule has 2 unspecified atom stereocenters. The van der Waals surface area contributed by atoms with Crippen LogP contribution >= 0.6 is 11.3 Å². The number of rotatable bonds is 11. The van der Waals surface area contributed by atoms with Crippen LogP contribution in [0.15, 0.2) is 72.2 Å². The SMILES string of the molecule is COCC(NC(=O)c1cccc(C(C)(C)C(OC(N)=O)C(C)(C)C)c1)C(=O)Nc1nc(-c2cccc(-c3ccnc(C)c3)c2)cs1. The standard InChI is InChI=1S/C35H41N5O5S/c1-21-16-23(14-15-37-21)22-10-8-11-24(17-22)28-20-46-33(39-28)40-30(42)27(19-44-7)38-29(41)25-12-9-13-26(18-25)35(5,6)31(34(2,3)4)45-32(36)43/h8-18,20,27,31H,19H2,1-7H3,(H2,36,43)(H,38,41)(H,39,40,42). The topological polar surface area (TPSA) is 146 Å². The Balaban J connectivity index is 1.48. The Kier molecular flexibility index (Phi) is 10.6. The van der Waals surface area contributed by atoms with Gasteiger partial charge in [0.15, 0.2) is 5.13 Å². The molecule has 2 heterocycles. The summed E-state index contributed by atoms with van der Waals surface area (Å²) in [6, 6.07) is 18.0. The number of primary amides is 1. The molecule has 0 bridgehead atoms. The number of nitrogens with two attached hydrogens (primary N) is 1. The van der Waals surface area contributed by atoms with E-state index in [9.17, 15) is 14.4 Å². The van der Waals surface area contributed by atoms with Gasteiger partial charge in [0.05, 0.1) is 12.3 Å². The van der Waals surface area contributed by atoms with Gasteiger partial charge >= 0.3 is 6.09 Å². The van der Waals surface area contributed by atoms with Crippen LogP contribution in [0.5, 0.6) is 0 Å². The number of carbonyl (C=O) groups excluding carboxylic acids is 3. The van der Waals surface area contributed by atoms with E-state index in [2.05, 4.69) is 20.6 Å². The lowest BCUT2D eigenvalue weighted by atomic mass is 9.69. The molecule has 0 aliphatic heterocycles. The largest absolute Gasteiger partial charge is 0.445 e. The number of aromatic nitrogens is 2. The molecule has 4 N–H and O–H groups in total. The third-order valence-electron chi connectivity index (χ3n) is 7.62. The molecule has 242 valence electrons. The number of hydrogen-bond donors (Lipinski definition) is 3. The zero-order valence-corrected chi connectivity index (χ0v) is 28.0. The fourth-order valence-corrected chi connectivity index (χ4v) is 6.29. The highest BCUT2D eigenvalue weighted by molar-refractivity contribution is 7.14. The van der Waals surface area contributed by atoms with Crippen molar-refractivity contribution < 1.29 is 23.9 Å². The summed E-state index contributed by atoms with van der Waals surface area (Å²) in [4.78, 5) is 47.3. The van der Waals surface area contributed by atoms with Gasteiger partial charge in [-0.2, -0.15) is 0 Å². The predicted molar refractivity (Wildman–Crippen MR) is 181 cm³/mol. The van der Waals surface area contributed by atoms with Crippen LogP contribution in [-0.4, -0.2) is 53.7 Å². The van der Waals surface area contributed by atoms with Crippen LogP contribution in [0, 0.1) is 12.3 Å². The Morgan fingerprint density at radius 2 is 1.65 bits per heavy atom. The molecule has 2 aromatic carbocycles. The van der Waals surface area contributed by atoms with Gasteiger partial charge in [-0.25, -0.2) is 9.78 Å². The van der Waals surface area contributed by atoms with Crippen LogP contribution in [0.25, 0.3) is 22.4 Å². The Labute approximate surface area is 273 Å². The van der Waals surface area contributed by atoms with Crippen molar-refractivity contribution >= 4 is 34.4 Å². The number of ether oxygens (including phenoxy) is 2. The predicted octanol–water partition coefficient (Wildman–Crippen LogP) is 6.35. The van der Waals surface area contributed by atoms with Crippen molar-refractivity contribution in [2.45, 2.75) is 59.1 Å². The van der Waals surface area contributed by atoms with Gasteiger partial charge in [0, 0.05) is 40.9 Å².